The molecular weight excluding hydrogens is 260 g/mol. The second-order valence-corrected chi connectivity index (χ2v) is 4.27. The number of benzene rings is 1. The van der Waals surface area contributed by atoms with Gasteiger partial charge in [0.2, 0.25) is 5.91 Å². The van der Waals surface area contributed by atoms with Crippen LogP contribution in [0.1, 0.15) is 13.8 Å². The molecule has 0 unspecified atom stereocenters. The molecule has 1 amide bonds. The topological polar surface area (TPSA) is 87.5 Å². The van der Waals surface area contributed by atoms with E-state index in [1.54, 1.807) is 30.1 Å². The van der Waals surface area contributed by atoms with Gasteiger partial charge in [0.1, 0.15) is 11.4 Å². The number of nitrogens with one attached hydrogen (secondary N) is 2. The molecule has 0 saturated carbocycles. The molecule has 0 heterocycles. The van der Waals surface area contributed by atoms with E-state index in [2.05, 4.69) is 10.6 Å². The maximum absolute atomic E-state index is 11.6. The van der Waals surface area contributed by atoms with Crippen LogP contribution in [0.3, 0.4) is 0 Å². The van der Waals surface area contributed by atoms with Crippen LogP contribution in [0, 0.1) is 10.1 Å². The third-order valence-corrected chi connectivity index (χ3v) is 2.73. The number of rotatable bonds is 7. The summed E-state index contributed by atoms with van der Waals surface area (Å²) in [5, 5.41) is 16.9. The summed E-state index contributed by atoms with van der Waals surface area (Å²) in [6.07, 6.45) is 0. The average molecular weight is 280 g/mol. The van der Waals surface area contributed by atoms with E-state index >= 15 is 0 Å². The van der Waals surface area contributed by atoms with Gasteiger partial charge in [-0.25, -0.2) is 0 Å². The van der Waals surface area contributed by atoms with Gasteiger partial charge < -0.3 is 15.5 Å². The monoisotopic (exact) mass is 280 g/mol. The van der Waals surface area contributed by atoms with Gasteiger partial charge in [-0.1, -0.05) is 6.07 Å². The number of nitrogens with zero attached hydrogens (tertiary/aromatic N) is 2. The van der Waals surface area contributed by atoms with Gasteiger partial charge in [-0.3, -0.25) is 14.9 Å². The minimum atomic E-state index is -0.429. The molecule has 1 rings (SSSR count). The Morgan fingerprint density at radius 1 is 1.35 bits per heavy atom. The Labute approximate surface area is 118 Å². The summed E-state index contributed by atoms with van der Waals surface area (Å²) in [6, 6.07) is 5.03. The average Bonchev–Trinajstić information content (AvgIpc) is 2.38. The Morgan fingerprint density at radius 2 is 2.05 bits per heavy atom. The number of nitro groups is 1. The lowest BCUT2D eigenvalue weighted by Gasteiger charge is -2.19. The van der Waals surface area contributed by atoms with E-state index < -0.39 is 4.92 Å². The van der Waals surface area contributed by atoms with E-state index in [4.69, 9.17) is 0 Å². The first-order valence-corrected chi connectivity index (χ1v) is 6.50. The molecule has 0 saturated heterocycles. The summed E-state index contributed by atoms with van der Waals surface area (Å²) in [7, 11) is 1.66. The first-order valence-electron chi connectivity index (χ1n) is 6.50. The third-order valence-electron chi connectivity index (χ3n) is 2.73. The minimum Gasteiger partial charge on any atom is -0.380 e. The number of para-hydroxylation sites is 1. The van der Waals surface area contributed by atoms with E-state index in [9.17, 15) is 14.9 Å². The molecule has 0 fully saturated rings. The van der Waals surface area contributed by atoms with Gasteiger partial charge in [0.25, 0.3) is 0 Å². The van der Waals surface area contributed by atoms with Crippen molar-refractivity contribution in [2.75, 3.05) is 36.9 Å². The smallest absolute Gasteiger partial charge is 0.315 e. The summed E-state index contributed by atoms with van der Waals surface area (Å²) in [6.45, 7) is 4.89. The molecule has 20 heavy (non-hydrogen) atoms. The second kappa shape index (κ2) is 7.32. The van der Waals surface area contributed by atoms with Crippen molar-refractivity contribution in [1.29, 1.82) is 0 Å². The first-order chi connectivity index (χ1) is 9.51. The summed E-state index contributed by atoms with van der Waals surface area (Å²) in [5.41, 5.74) is 0.860. The molecule has 0 bridgehead atoms. The van der Waals surface area contributed by atoms with Crippen LogP contribution in [-0.4, -0.2) is 37.5 Å². The number of nitro benzene ring substituents is 1. The van der Waals surface area contributed by atoms with Crippen molar-refractivity contribution in [2.45, 2.75) is 13.8 Å². The number of hydrogen-bond acceptors (Lipinski definition) is 5. The molecule has 0 spiro atoms. The zero-order chi connectivity index (χ0) is 15.1. The van der Waals surface area contributed by atoms with Gasteiger partial charge in [0, 0.05) is 20.1 Å². The quantitative estimate of drug-likeness (QED) is 0.585. The standard InChI is InChI=1S/C13H20N4O3/c1-4-14-10-7-6-8-11(13(10)17(19)20)16(3)9-12(18)15-5-2/h6-8,14H,4-5,9H2,1-3H3,(H,15,18). The molecule has 0 aliphatic heterocycles. The van der Waals surface area contributed by atoms with Crippen LogP contribution in [0.5, 0.6) is 0 Å². The van der Waals surface area contributed by atoms with Crippen LogP contribution in [0.4, 0.5) is 17.1 Å². The number of hydrogen-bond donors (Lipinski definition) is 2. The van der Waals surface area contributed by atoms with Crippen molar-refractivity contribution in [3.8, 4) is 0 Å². The Balaban J connectivity index is 3.07. The molecule has 2 N–H and O–H groups in total. The van der Waals surface area contributed by atoms with Crippen LogP contribution < -0.4 is 15.5 Å². The zero-order valence-corrected chi connectivity index (χ0v) is 12.0. The summed E-state index contributed by atoms with van der Waals surface area (Å²) < 4.78 is 0. The molecule has 0 atom stereocenters. The van der Waals surface area contributed by atoms with E-state index in [1.807, 2.05) is 13.8 Å². The molecular formula is C13H20N4O3. The molecule has 7 heteroatoms. The number of likely N-dealkylation sites (N-methyl/N-ethyl adjacent to an activating group) is 2. The predicted octanol–water partition coefficient (Wildman–Crippen LogP) is 1.60. The van der Waals surface area contributed by atoms with Gasteiger partial charge in [0.15, 0.2) is 0 Å². The van der Waals surface area contributed by atoms with Crippen molar-refractivity contribution < 1.29 is 9.72 Å². The Hall–Kier alpha value is -2.31. The van der Waals surface area contributed by atoms with Crippen LogP contribution in [-0.2, 0) is 4.79 Å². The number of carbonyl (C=O) groups excluding carboxylic acids is 1. The van der Waals surface area contributed by atoms with E-state index in [-0.39, 0.29) is 18.1 Å². The predicted molar refractivity (Wildman–Crippen MR) is 79.2 cm³/mol. The zero-order valence-electron chi connectivity index (χ0n) is 12.0. The molecule has 110 valence electrons. The highest BCUT2D eigenvalue weighted by atomic mass is 16.6. The Kier molecular flexibility index (Phi) is 5.76. The summed E-state index contributed by atoms with van der Waals surface area (Å²) >= 11 is 0. The highest BCUT2D eigenvalue weighted by Gasteiger charge is 2.22. The van der Waals surface area contributed by atoms with Crippen molar-refractivity contribution in [1.82, 2.24) is 5.32 Å². The highest BCUT2D eigenvalue weighted by molar-refractivity contribution is 5.84. The SMILES string of the molecule is CCNC(=O)CN(C)c1cccc(NCC)c1[N+](=O)[O-]. The molecule has 0 aromatic heterocycles. The van der Waals surface area contributed by atoms with Gasteiger partial charge in [-0.05, 0) is 26.0 Å². The fraction of sp³-hybridized carbons (Fsp3) is 0.462. The van der Waals surface area contributed by atoms with Crippen molar-refractivity contribution in [3.63, 3.8) is 0 Å². The fourth-order valence-electron chi connectivity index (χ4n) is 1.92. The van der Waals surface area contributed by atoms with Crippen molar-refractivity contribution >= 4 is 23.0 Å². The molecule has 1 aromatic carbocycles. The van der Waals surface area contributed by atoms with E-state index in [0.717, 1.165) is 0 Å². The van der Waals surface area contributed by atoms with Crippen molar-refractivity contribution in [3.05, 3.63) is 28.3 Å². The van der Waals surface area contributed by atoms with Crippen LogP contribution in [0.2, 0.25) is 0 Å². The number of amides is 1. The summed E-state index contributed by atoms with van der Waals surface area (Å²) in [4.78, 5) is 24.0. The van der Waals surface area contributed by atoms with Gasteiger partial charge in [-0.15, -0.1) is 0 Å². The maximum Gasteiger partial charge on any atom is 0.315 e. The number of anilines is 2. The van der Waals surface area contributed by atoms with Crippen molar-refractivity contribution in [2.24, 2.45) is 0 Å². The largest absolute Gasteiger partial charge is 0.380 e. The second-order valence-electron chi connectivity index (χ2n) is 4.27. The summed E-state index contributed by atoms with van der Waals surface area (Å²) in [5.74, 6) is -0.168. The van der Waals surface area contributed by atoms with Gasteiger partial charge in [0.05, 0.1) is 11.5 Å². The van der Waals surface area contributed by atoms with Gasteiger partial charge >= 0.3 is 5.69 Å². The first kappa shape index (κ1) is 15.7. The normalized spacial score (nSPS) is 9.95. The van der Waals surface area contributed by atoms with Crippen LogP contribution in [0.25, 0.3) is 0 Å². The maximum atomic E-state index is 11.6. The van der Waals surface area contributed by atoms with Crippen LogP contribution in [0.15, 0.2) is 18.2 Å². The third kappa shape index (κ3) is 3.84. The molecule has 0 radical (unpaired) electrons. The molecule has 7 nitrogen and oxygen atoms in total. The molecule has 1 aromatic rings. The van der Waals surface area contributed by atoms with E-state index in [0.29, 0.717) is 24.5 Å². The number of carbonyl (C=O) groups is 1. The van der Waals surface area contributed by atoms with Gasteiger partial charge in [-0.2, -0.15) is 0 Å². The Morgan fingerprint density at radius 3 is 2.60 bits per heavy atom. The minimum absolute atomic E-state index is 0.0128. The highest BCUT2D eigenvalue weighted by Crippen LogP contribution is 2.34. The fourth-order valence-corrected chi connectivity index (χ4v) is 1.92. The lowest BCUT2D eigenvalue weighted by Crippen LogP contribution is -2.35. The Bertz CT molecular complexity index is 491. The lowest BCUT2D eigenvalue weighted by atomic mass is 10.2. The van der Waals surface area contributed by atoms with Crippen LogP contribution >= 0.6 is 0 Å². The molecule has 0 aliphatic rings. The molecule has 0 aliphatic carbocycles. The van der Waals surface area contributed by atoms with E-state index in [1.165, 1.54) is 0 Å². The lowest BCUT2D eigenvalue weighted by molar-refractivity contribution is -0.383.